The maximum Gasteiger partial charge on any atom is 0.417 e. The van der Waals surface area contributed by atoms with Gasteiger partial charge in [0.15, 0.2) is 0 Å². The van der Waals surface area contributed by atoms with Gasteiger partial charge in [0.2, 0.25) is 0 Å². The highest BCUT2D eigenvalue weighted by molar-refractivity contribution is 9.10. The van der Waals surface area contributed by atoms with Crippen LogP contribution in [0.1, 0.15) is 43.9 Å². The third kappa shape index (κ3) is 4.49. The Morgan fingerprint density at radius 1 is 1.32 bits per heavy atom. The highest BCUT2D eigenvalue weighted by atomic mass is 79.9. The molecule has 0 radical (unpaired) electrons. The molecular weight excluding hydrogens is 319 g/mol. The van der Waals surface area contributed by atoms with Crippen molar-refractivity contribution in [2.45, 2.75) is 38.9 Å². The zero-order chi connectivity index (χ0) is 14.6. The topological polar surface area (TPSA) is 12.0 Å². The minimum Gasteiger partial charge on any atom is -0.313 e. The second-order valence-electron chi connectivity index (χ2n) is 4.83. The van der Waals surface area contributed by atoms with Crippen molar-refractivity contribution in [1.82, 2.24) is 5.32 Å². The van der Waals surface area contributed by atoms with Crippen molar-refractivity contribution >= 4 is 15.9 Å². The van der Waals surface area contributed by atoms with Gasteiger partial charge >= 0.3 is 6.18 Å². The van der Waals surface area contributed by atoms with Crippen LogP contribution in [-0.4, -0.2) is 7.05 Å². The van der Waals surface area contributed by atoms with Crippen LogP contribution in [0.5, 0.6) is 0 Å². The molecule has 1 aromatic rings. The van der Waals surface area contributed by atoms with E-state index in [0.29, 0.717) is 11.5 Å². The lowest BCUT2D eigenvalue weighted by molar-refractivity contribution is -0.138. The Labute approximate surface area is 120 Å². The van der Waals surface area contributed by atoms with E-state index in [9.17, 15) is 13.2 Å². The van der Waals surface area contributed by atoms with Crippen LogP contribution in [0.2, 0.25) is 0 Å². The molecule has 0 aromatic heterocycles. The first-order valence-corrected chi connectivity index (χ1v) is 7.12. The molecule has 0 saturated heterocycles. The summed E-state index contributed by atoms with van der Waals surface area (Å²) in [6.07, 6.45) is -2.49. The summed E-state index contributed by atoms with van der Waals surface area (Å²) in [7, 11) is 1.78. The molecule has 0 aliphatic heterocycles. The average Bonchev–Trinajstić information content (AvgIpc) is 2.35. The average molecular weight is 338 g/mol. The van der Waals surface area contributed by atoms with Crippen LogP contribution in [0.25, 0.3) is 0 Å². The van der Waals surface area contributed by atoms with Gasteiger partial charge in [0.05, 0.1) is 5.56 Å². The number of rotatable bonds is 5. The summed E-state index contributed by atoms with van der Waals surface area (Å²) in [4.78, 5) is 0. The minimum atomic E-state index is -4.33. The molecule has 19 heavy (non-hydrogen) atoms. The van der Waals surface area contributed by atoms with Gasteiger partial charge in [-0.2, -0.15) is 13.2 Å². The van der Waals surface area contributed by atoms with Crippen molar-refractivity contribution in [1.29, 1.82) is 0 Å². The van der Waals surface area contributed by atoms with Gasteiger partial charge in [0, 0.05) is 10.5 Å². The molecule has 0 spiro atoms. The third-order valence-electron chi connectivity index (χ3n) is 3.38. The number of benzene rings is 1. The normalized spacial score (nSPS) is 15.3. The predicted molar refractivity (Wildman–Crippen MR) is 75.0 cm³/mol. The summed E-state index contributed by atoms with van der Waals surface area (Å²) < 4.78 is 38.7. The molecule has 0 amide bonds. The molecule has 0 aliphatic carbocycles. The van der Waals surface area contributed by atoms with Gasteiger partial charge in [-0.15, -0.1) is 0 Å². The van der Waals surface area contributed by atoms with Crippen LogP contribution in [0, 0.1) is 5.92 Å². The first-order valence-electron chi connectivity index (χ1n) is 6.33. The van der Waals surface area contributed by atoms with E-state index in [1.165, 1.54) is 12.1 Å². The van der Waals surface area contributed by atoms with Gasteiger partial charge in [-0.3, -0.25) is 0 Å². The van der Waals surface area contributed by atoms with Crippen molar-refractivity contribution in [3.05, 3.63) is 33.8 Å². The molecule has 2 unspecified atom stereocenters. The zero-order valence-corrected chi connectivity index (χ0v) is 12.9. The molecule has 1 rings (SSSR count). The quantitative estimate of drug-likeness (QED) is 0.781. The van der Waals surface area contributed by atoms with Crippen molar-refractivity contribution < 1.29 is 13.2 Å². The molecular formula is C14H19BrF3N. The lowest BCUT2D eigenvalue weighted by Gasteiger charge is -2.21. The summed E-state index contributed by atoms with van der Waals surface area (Å²) >= 11 is 2.96. The molecule has 2 atom stereocenters. The number of nitrogens with one attached hydrogen (secondary N) is 1. The van der Waals surface area contributed by atoms with Crippen molar-refractivity contribution in [3.8, 4) is 0 Å². The highest BCUT2D eigenvalue weighted by Crippen LogP contribution is 2.37. The number of alkyl halides is 3. The summed E-state index contributed by atoms with van der Waals surface area (Å²) in [5.74, 6) is 0.468. The summed E-state index contributed by atoms with van der Waals surface area (Å²) in [6, 6.07) is 4.39. The van der Waals surface area contributed by atoms with Crippen LogP contribution >= 0.6 is 15.9 Å². The maximum atomic E-state index is 12.9. The molecule has 0 bridgehead atoms. The fraction of sp³-hybridized carbons (Fsp3) is 0.571. The van der Waals surface area contributed by atoms with E-state index < -0.39 is 11.7 Å². The van der Waals surface area contributed by atoms with Gasteiger partial charge in [-0.1, -0.05) is 42.3 Å². The Kier molecular flexibility index (Phi) is 5.86. The zero-order valence-electron chi connectivity index (χ0n) is 11.3. The van der Waals surface area contributed by atoms with Crippen LogP contribution in [0.3, 0.4) is 0 Å². The fourth-order valence-electron chi connectivity index (χ4n) is 1.97. The van der Waals surface area contributed by atoms with Crippen LogP contribution in [0.4, 0.5) is 13.2 Å². The Balaban J connectivity index is 3.06. The van der Waals surface area contributed by atoms with Crippen molar-refractivity contribution in [2.24, 2.45) is 5.92 Å². The summed E-state index contributed by atoms with van der Waals surface area (Å²) in [5, 5.41) is 3.10. The Morgan fingerprint density at radius 3 is 2.42 bits per heavy atom. The fourth-order valence-corrected chi connectivity index (χ4v) is 2.44. The second kappa shape index (κ2) is 6.75. The standard InChI is InChI=1S/C14H19BrF3N/c1-4-9(2)7-13(19-3)10-5-6-12(15)11(8-10)14(16,17)18/h5-6,8-9,13,19H,4,7H2,1-3H3. The van der Waals surface area contributed by atoms with E-state index in [4.69, 9.17) is 0 Å². The van der Waals surface area contributed by atoms with Crippen molar-refractivity contribution in [3.63, 3.8) is 0 Å². The van der Waals surface area contributed by atoms with E-state index in [2.05, 4.69) is 35.1 Å². The molecule has 0 fully saturated rings. The smallest absolute Gasteiger partial charge is 0.313 e. The molecule has 0 saturated carbocycles. The summed E-state index contributed by atoms with van der Waals surface area (Å²) in [6.45, 7) is 4.19. The summed E-state index contributed by atoms with van der Waals surface area (Å²) in [5.41, 5.74) is 0.0627. The van der Waals surface area contributed by atoms with E-state index >= 15 is 0 Å². The van der Waals surface area contributed by atoms with Crippen LogP contribution in [-0.2, 0) is 6.18 Å². The van der Waals surface area contributed by atoms with Crippen molar-refractivity contribution in [2.75, 3.05) is 7.05 Å². The maximum absolute atomic E-state index is 12.9. The lowest BCUT2D eigenvalue weighted by atomic mass is 9.93. The minimum absolute atomic E-state index is 0.0517. The first kappa shape index (κ1) is 16.5. The van der Waals surface area contributed by atoms with Gasteiger partial charge in [-0.05, 0) is 37.1 Å². The molecule has 108 valence electrons. The third-order valence-corrected chi connectivity index (χ3v) is 4.07. The molecule has 1 aromatic carbocycles. The second-order valence-corrected chi connectivity index (χ2v) is 5.68. The molecule has 5 heteroatoms. The Morgan fingerprint density at radius 2 is 1.95 bits per heavy atom. The van der Waals surface area contributed by atoms with E-state index in [-0.39, 0.29) is 10.5 Å². The lowest BCUT2D eigenvalue weighted by Crippen LogP contribution is -2.20. The van der Waals surface area contributed by atoms with Gasteiger partial charge < -0.3 is 5.32 Å². The molecule has 0 heterocycles. The Hall–Kier alpha value is -0.550. The monoisotopic (exact) mass is 337 g/mol. The first-order chi connectivity index (χ1) is 8.79. The van der Waals surface area contributed by atoms with E-state index in [1.807, 2.05) is 0 Å². The van der Waals surface area contributed by atoms with Gasteiger partial charge in [0.25, 0.3) is 0 Å². The number of hydrogen-bond acceptors (Lipinski definition) is 1. The predicted octanol–water partition coefficient (Wildman–Crippen LogP) is 5.16. The largest absolute Gasteiger partial charge is 0.417 e. The molecule has 1 N–H and O–H groups in total. The SMILES string of the molecule is CCC(C)CC(NC)c1ccc(Br)c(C(F)(F)F)c1. The van der Waals surface area contributed by atoms with Gasteiger partial charge in [-0.25, -0.2) is 0 Å². The van der Waals surface area contributed by atoms with Crippen LogP contribution in [0.15, 0.2) is 22.7 Å². The Bertz CT molecular complexity index is 418. The molecule has 0 aliphatic rings. The molecule has 1 nitrogen and oxygen atoms in total. The number of hydrogen-bond donors (Lipinski definition) is 1. The van der Waals surface area contributed by atoms with E-state index in [0.717, 1.165) is 12.8 Å². The van der Waals surface area contributed by atoms with Gasteiger partial charge in [0.1, 0.15) is 0 Å². The van der Waals surface area contributed by atoms with E-state index in [1.54, 1.807) is 13.1 Å². The number of halogens is 4. The van der Waals surface area contributed by atoms with Crippen LogP contribution < -0.4 is 5.32 Å². The highest BCUT2D eigenvalue weighted by Gasteiger charge is 2.33.